The van der Waals surface area contributed by atoms with Crippen molar-refractivity contribution in [2.45, 2.75) is 25.9 Å². The van der Waals surface area contributed by atoms with Crippen LogP contribution in [0.1, 0.15) is 19.4 Å². The van der Waals surface area contributed by atoms with Crippen molar-refractivity contribution < 1.29 is 4.74 Å². The van der Waals surface area contributed by atoms with Gasteiger partial charge in [-0.25, -0.2) is 4.68 Å². The molecule has 0 bridgehead atoms. The molecule has 0 unspecified atom stereocenters. The zero-order chi connectivity index (χ0) is 13.7. The van der Waals surface area contributed by atoms with Crippen LogP contribution in [0.2, 0.25) is 0 Å². The molecule has 1 aromatic heterocycles. The predicted octanol–water partition coefficient (Wildman–Crippen LogP) is 2.39. The molecule has 1 N–H and O–H groups in total. The van der Waals surface area contributed by atoms with Crippen LogP contribution in [-0.4, -0.2) is 29.0 Å². The highest BCUT2D eigenvalue weighted by Crippen LogP contribution is 2.10. The van der Waals surface area contributed by atoms with Crippen molar-refractivity contribution in [2.24, 2.45) is 0 Å². The number of benzene rings is 1. The van der Waals surface area contributed by atoms with Crippen LogP contribution < -0.4 is 5.32 Å². The Morgan fingerprint density at radius 1 is 1.26 bits per heavy atom. The van der Waals surface area contributed by atoms with Crippen molar-refractivity contribution in [2.75, 3.05) is 13.7 Å². The first kappa shape index (κ1) is 13.8. The molecule has 19 heavy (non-hydrogen) atoms. The lowest BCUT2D eigenvalue weighted by Gasteiger charge is -2.25. The first-order chi connectivity index (χ1) is 9.11. The second-order valence-corrected chi connectivity index (χ2v) is 5.29. The summed E-state index contributed by atoms with van der Waals surface area (Å²) in [7, 11) is 1.72. The molecule has 102 valence electrons. The molecule has 4 heteroatoms. The molecule has 0 fully saturated rings. The van der Waals surface area contributed by atoms with Gasteiger partial charge >= 0.3 is 0 Å². The van der Waals surface area contributed by atoms with E-state index in [9.17, 15) is 0 Å². The fraction of sp³-hybridized carbons (Fsp3) is 0.400. The maximum Gasteiger partial charge on any atom is 0.0645 e. The number of nitrogens with one attached hydrogen (secondary N) is 1. The van der Waals surface area contributed by atoms with E-state index in [1.54, 1.807) is 13.3 Å². The summed E-state index contributed by atoms with van der Waals surface area (Å²) < 4.78 is 7.04. The molecule has 0 saturated heterocycles. The molecule has 0 saturated carbocycles. The molecule has 2 rings (SSSR count). The molecule has 0 aliphatic rings. The van der Waals surface area contributed by atoms with Crippen LogP contribution in [-0.2, 0) is 11.3 Å². The van der Waals surface area contributed by atoms with Gasteiger partial charge in [-0.05, 0) is 37.6 Å². The Morgan fingerprint density at radius 3 is 2.58 bits per heavy atom. The number of hydrogen-bond donors (Lipinski definition) is 1. The number of rotatable bonds is 6. The smallest absolute Gasteiger partial charge is 0.0645 e. The second kappa shape index (κ2) is 5.99. The Bertz CT molecular complexity index is 489. The van der Waals surface area contributed by atoms with Crippen molar-refractivity contribution in [3.63, 3.8) is 0 Å². The van der Waals surface area contributed by atoms with E-state index in [0.29, 0.717) is 6.61 Å². The molecule has 4 nitrogen and oxygen atoms in total. The Kier molecular flexibility index (Phi) is 4.35. The number of ether oxygens (including phenoxy) is 1. The van der Waals surface area contributed by atoms with E-state index in [4.69, 9.17) is 4.74 Å². The number of nitrogens with zero attached hydrogens (tertiary/aromatic N) is 2. The van der Waals surface area contributed by atoms with Gasteiger partial charge in [0.15, 0.2) is 0 Å². The number of aromatic nitrogens is 2. The SMILES string of the molecule is COCC(C)(C)NCc1ccc(-n2cccn2)cc1. The summed E-state index contributed by atoms with van der Waals surface area (Å²) in [5.41, 5.74) is 2.31. The third kappa shape index (κ3) is 3.91. The maximum atomic E-state index is 5.19. The van der Waals surface area contributed by atoms with E-state index in [1.807, 2.05) is 16.9 Å². The van der Waals surface area contributed by atoms with Crippen molar-refractivity contribution in [1.82, 2.24) is 15.1 Å². The van der Waals surface area contributed by atoms with Crippen LogP contribution in [0.4, 0.5) is 0 Å². The van der Waals surface area contributed by atoms with Crippen molar-refractivity contribution in [3.05, 3.63) is 48.3 Å². The molecular formula is C15H21N3O. The normalized spacial score (nSPS) is 11.7. The summed E-state index contributed by atoms with van der Waals surface area (Å²) in [6.07, 6.45) is 3.72. The van der Waals surface area contributed by atoms with Gasteiger partial charge in [0.1, 0.15) is 0 Å². The van der Waals surface area contributed by atoms with Gasteiger partial charge in [0.2, 0.25) is 0 Å². The van der Waals surface area contributed by atoms with Crippen LogP contribution in [0.25, 0.3) is 5.69 Å². The lowest BCUT2D eigenvalue weighted by molar-refractivity contribution is 0.128. The molecule has 1 aromatic carbocycles. The van der Waals surface area contributed by atoms with Gasteiger partial charge in [-0.2, -0.15) is 5.10 Å². The Labute approximate surface area is 114 Å². The van der Waals surface area contributed by atoms with Crippen molar-refractivity contribution in [3.8, 4) is 5.69 Å². The average Bonchev–Trinajstić information content (AvgIpc) is 2.91. The van der Waals surface area contributed by atoms with Crippen molar-refractivity contribution >= 4 is 0 Å². The Balaban J connectivity index is 1.96. The number of methoxy groups -OCH3 is 1. The standard InChI is InChI=1S/C15H21N3O/c1-15(2,12-19-3)16-11-13-5-7-14(8-6-13)18-10-4-9-17-18/h4-10,16H,11-12H2,1-3H3. The lowest BCUT2D eigenvalue weighted by Crippen LogP contribution is -2.42. The molecule has 2 aromatic rings. The Hall–Kier alpha value is -1.65. The summed E-state index contributed by atoms with van der Waals surface area (Å²) in [6, 6.07) is 10.3. The van der Waals surface area contributed by atoms with E-state index < -0.39 is 0 Å². The fourth-order valence-electron chi connectivity index (χ4n) is 1.94. The van der Waals surface area contributed by atoms with Gasteiger partial charge in [0, 0.05) is 31.6 Å². The summed E-state index contributed by atoms with van der Waals surface area (Å²) >= 11 is 0. The lowest BCUT2D eigenvalue weighted by atomic mass is 10.1. The highest BCUT2D eigenvalue weighted by molar-refractivity contribution is 5.33. The second-order valence-electron chi connectivity index (χ2n) is 5.29. The van der Waals surface area contributed by atoms with Crippen LogP contribution in [0.5, 0.6) is 0 Å². The maximum absolute atomic E-state index is 5.19. The zero-order valence-corrected chi connectivity index (χ0v) is 11.8. The highest BCUT2D eigenvalue weighted by atomic mass is 16.5. The monoisotopic (exact) mass is 259 g/mol. The van der Waals surface area contributed by atoms with Gasteiger partial charge in [0.05, 0.1) is 12.3 Å². The largest absolute Gasteiger partial charge is 0.383 e. The van der Waals surface area contributed by atoms with Crippen LogP contribution in [0.3, 0.4) is 0 Å². The van der Waals surface area contributed by atoms with Gasteiger partial charge in [-0.15, -0.1) is 0 Å². The van der Waals surface area contributed by atoms with E-state index >= 15 is 0 Å². The third-order valence-corrected chi connectivity index (χ3v) is 2.98. The van der Waals surface area contributed by atoms with Gasteiger partial charge in [-0.1, -0.05) is 12.1 Å². The van der Waals surface area contributed by atoms with Crippen LogP contribution in [0.15, 0.2) is 42.7 Å². The minimum Gasteiger partial charge on any atom is -0.383 e. The van der Waals surface area contributed by atoms with Crippen LogP contribution >= 0.6 is 0 Å². The molecule has 0 aliphatic heterocycles. The summed E-state index contributed by atoms with van der Waals surface area (Å²) in [4.78, 5) is 0. The molecule has 0 atom stereocenters. The first-order valence-electron chi connectivity index (χ1n) is 6.44. The zero-order valence-electron chi connectivity index (χ0n) is 11.8. The number of hydrogen-bond acceptors (Lipinski definition) is 3. The predicted molar refractivity (Wildman–Crippen MR) is 76.4 cm³/mol. The van der Waals surface area contributed by atoms with Crippen LogP contribution in [0, 0.1) is 0 Å². The minimum absolute atomic E-state index is 0.0184. The molecule has 1 heterocycles. The summed E-state index contributed by atoms with van der Waals surface area (Å²) in [5, 5.41) is 7.69. The van der Waals surface area contributed by atoms with Crippen molar-refractivity contribution in [1.29, 1.82) is 0 Å². The van der Waals surface area contributed by atoms with Gasteiger partial charge in [0.25, 0.3) is 0 Å². The van der Waals surface area contributed by atoms with E-state index in [2.05, 4.69) is 48.5 Å². The van der Waals surface area contributed by atoms with E-state index in [-0.39, 0.29) is 5.54 Å². The quantitative estimate of drug-likeness (QED) is 0.865. The minimum atomic E-state index is -0.0184. The molecule has 0 amide bonds. The average molecular weight is 259 g/mol. The van der Waals surface area contributed by atoms with E-state index in [0.717, 1.165) is 12.2 Å². The van der Waals surface area contributed by atoms with Gasteiger partial charge in [-0.3, -0.25) is 0 Å². The molecule has 0 spiro atoms. The summed E-state index contributed by atoms with van der Waals surface area (Å²) in [5.74, 6) is 0. The Morgan fingerprint density at radius 2 is 2.00 bits per heavy atom. The fourth-order valence-corrected chi connectivity index (χ4v) is 1.94. The highest BCUT2D eigenvalue weighted by Gasteiger charge is 2.15. The molecule has 0 aliphatic carbocycles. The summed E-state index contributed by atoms with van der Waals surface area (Å²) in [6.45, 7) is 5.79. The van der Waals surface area contributed by atoms with E-state index in [1.165, 1.54) is 5.56 Å². The molecule has 0 radical (unpaired) electrons. The topological polar surface area (TPSA) is 39.1 Å². The third-order valence-electron chi connectivity index (χ3n) is 2.98. The molecular weight excluding hydrogens is 238 g/mol. The van der Waals surface area contributed by atoms with Gasteiger partial charge < -0.3 is 10.1 Å². The first-order valence-corrected chi connectivity index (χ1v) is 6.44.